The molecule has 2 heterocycles. The van der Waals surface area contributed by atoms with Crippen LogP contribution in [0.3, 0.4) is 0 Å². The van der Waals surface area contributed by atoms with E-state index in [9.17, 15) is 9.59 Å². The maximum Gasteiger partial charge on any atom is 0.224 e. The van der Waals surface area contributed by atoms with E-state index >= 15 is 0 Å². The number of likely N-dealkylation sites (tertiary alicyclic amines) is 1. The Morgan fingerprint density at radius 3 is 2.71 bits per heavy atom. The van der Waals surface area contributed by atoms with Crippen molar-refractivity contribution in [2.45, 2.75) is 65.3 Å². The molecule has 1 aliphatic carbocycles. The lowest BCUT2D eigenvalue weighted by Crippen LogP contribution is -2.36. The van der Waals surface area contributed by atoms with Crippen molar-refractivity contribution in [3.63, 3.8) is 0 Å². The number of aromatic amines is 1. The number of amides is 2. The molecule has 0 spiro atoms. The summed E-state index contributed by atoms with van der Waals surface area (Å²) in [6.07, 6.45) is 5.70. The molecule has 1 saturated heterocycles. The fourth-order valence-electron chi connectivity index (χ4n) is 5.06. The number of aryl methyl sites for hydroxylation is 3. The van der Waals surface area contributed by atoms with Gasteiger partial charge in [0.05, 0.1) is 6.42 Å². The quantitative estimate of drug-likeness (QED) is 0.832. The average molecular weight is 382 g/mol. The van der Waals surface area contributed by atoms with Gasteiger partial charge in [0.2, 0.25) is 11.8 Å². The van der Waals surface area contributed by atoms with Gasteiger partial charge < -0.3 is 15.2 Å². The van der Waals surface area contributed by atoms with Gasteiger partial charge in [-0.2, -0.15) is 0 Å². The first-order chi connectivity index (χ1) is 13.4. The number of fused-ring (bicyclic) bond motifs is 1. The molecular formula is C23H31N3O2. The van der Waals surface area contributed by atoms with Gasteiger partial charge in [-0.3, -0.25) is 9.59 Å². The molecule has 2 amide bonds. The number of benzene rings is 1. The Bertz CT molecular complexity index is 908. The SMILES string of the molecule is Cc1cc(C)c2[nH]c(C)c(CC(=O)NC[C@H]3CC(=O)N(C4CCCC4)C3)c2c1. The number of carbonyl (C=O) groups excluding carboxylic acids is 2. The van der Waals surface area contributed by atoms with Gasteiger partial charge in [-0.25, -0.2) is 0 Å². The molecular weight excluding hydrogens is 350 g/mol. The highest BCUT2D eigenvalue weighted by atomic mass is 16.2. The van der Waals surface area contributed by atoms with E-state index < -0.39 is 0 Å². The molecule has 150 valence electrons. The van der Waals surface area contributed by atoms with Crippen molar-refractivity contribution in [3.8, 4) is 0 Å². The average Bonchev–Trinajstić information content (AvgIpc) is 3.35. The second-order valence-corrected chi connectivity index (χ2v) is 8.77. The minimum absolute atomic E-state index is 0.0370. The van der Waals surface area contributed by atoms with Crippen LogP contribution in [-0.4, -0.2) is 40.8 Å². The second kappa shape index (κ2) is 7.61. The minimum Gasteiger partial charge on any atom is -0.358 e. The topological polar surface area (TPSA) is 65.2 Å². The lowest BCUT2D eigenvalue weighted by molar-refractivity contribution is -0.129. The Morgan fingerprint density at radius 1 is 1.21 bits per heavy atom. The van der Waals surface area contributed by atoms with E-state index in [1.54, 1.807) is 0 Å². The largest absolute Gasteiger partial charge is 0.358 e. The highest BCUT2D eigenvalue weighted by Crippen LogP contribution is 2.29. The Morgan fingerprint density at radius 2 is 1.96 bits per heavy atom. The Kier molecular flexibility index (Phi) is 5.17. The van der Waals surface area contributed by atoms with E-state index in [-0.39, 0.29) is 17.7 Å². The first kappa shape index (κ1) is 19.0. The van der Waals surface area contributed by atoms with Crippen molar-refractivity contribution in [2.24, 2.45) is 5.92 Å². The van der Waals surface area contributed by atoms with Crippen LogP contribution in [0.2, 0.25) is 0 Å². The van der Waals surface area contributed by atoms with Gasteiger partial charge in [-0.15, -0.1) is 0 Å². The smallest absolute Gasteiger partial charge is 0.224 e. The fraction of sp³-hybridized carbons (Fsp3) is 0.565. The van der Waals surface area contributed by atoms with Crippen LogP contribution in [0.25, 0.3) is 10.9 Å². The van der Waals surface area contributed by atoms with Crippen LogP contribution < -0.4 is 5.32 Å². The Labute approximate surface area is 166 Å². The van der Waals surface area contributed by atoms with Crippen molar-refractivity contribution in [2.75, 3.05) is 13.1 Å². The van der Waals surface area contributed by atoms with Gasteiger partial charge in [-0.1, -0.05) is 24.5 Å². The van der Waals surface area contributed by atoms with Crippen LogP contribution in [-0.2, 0) is 16.0 Å². The molecule has 5 heteroatoms. The van der Waals surface area contributed by atoms with Gasteiger partial charge in [0.25, 0.3) is 0 Å². The number of nitrogens with one attached hydrogen (secondary N) is 2. The molecule has 0 bridgehead atoms. The van der Waals surface area contributed by atoms with Crippen molar-refractivity contribution in [3.05, 3.63) is 34.5 Å². The van der Waals surface area contributed by atoms with Crippen LogP contribution in [0.15, 0.2) is 12.1 Å². The zero-order valence-electron chi connectivity index (χ0n) is 17.2. The minimum atomic E-state index is 0.0370. The number of rotatable bonds is 5. The van der Waals surface area contributed by atoms with E-state index in [4.69, 9.17) is 0 Å². The van der Waals surface area contributed by atoms with E-state index in [0.717, 1.165) is 41.5 Å². The predicted molar refractivity (Wildman–Crippen MR) is 111 cm³/mol. The summed E-state index contributed by atoms with van der Waals surface area (Å²) in [6.45, 7) is 7.61. The molecule has 1 aromatic carbocycles. The Hall–Kier alpha value is -2.30. The van der Waals surface area contributed by atoms with E-state index in [0.29, 0.717) is 25.4 Å². The molecule has 0 unspecified atom stereocenters. The number of hydrogen-bond donors (Lipinski definition) is 2. The first-order valence-electron chi connectivity index (χ1n) is 10.6. The molecule has 5 nitrogen and oxygen atoms in total. The maximum absolute atomic E-state index is 12.6. The number of H-pyrrole nitrogens is 1. The van der Waals surface area contributed by atoms with Crippen LogP contribution in [0.1, 0.15) is 54.5 Å². The van der Waals surface area contributed by atoms with Gasteiger partial charge in [-0.05, 0) is 50.8 Å². The fourth-order valence-corrected chi connectivity index (χ4v) is 5.06. The molecule has 0 radical (unpaired) electrons. The monoisotopic (exact) mass is 381 g/mol. The molecule has 1 saturated carbocycles. The van der Waals surface area contributed by atoms with Crippen LogP contribution in [0.5, 0.6) is 0 Å². The van der Waals surface area contributed by atoms with Gasteiger partial charge in [0.1, 0.15) is 0 Å². The van der Waals surface area contributed by atoms with Crippen LogP contribution >= 0.6 is 0 Å². The van der Waals surface area contributed by atoms with Gasteiger partial charge in [0, 0.05) is 48.1 Å². The van der Waals surface area contributed by atoms with Crippen molar-refractivity contribution >= 4 is 22.7 Å². The van der Waals surface area contributed by atoms with E-state index in [1.165, 1.54) is 24.0 Å². The molecule has 28 heavy (non-hydrogen) atoms. The van der Waals surface area contributed by atoms with Gasteiger partial charge in [0.15, 0.2) is 0 Å². The molecule has 4 rings (SSSR count). The lowest BCUT2D eigenvalue weighted by atomic mass is 10.0. The lowest BCUT2D eigenvalue weighted by Gasteiger charge is -2.24. The first-order valence-corrected chi connectivity index (χ1v) is 10.6. The number of hydrogen-bond acceptors (Lipinski definition) is 2. The predicted octanol–water partition coefficient (Wildman–Crippen LogP) is 3.54. The second-order valence-electron chi connectivity index (χ2n) is 8.77. The molecule has 2 aromatic rings. The number of aromatic nitrogens is 1. The van der Waals surface area contributed by atoms with Crippen LogP contribution in [0, 0.1) is 26.7 Å². The normalized spacial score (nSPS) is 20.5. The van der Waals surface area contributed by atoms with E-state index in [2.05, 4.69) is 41.2 Å². The molecule has 2 aliphatic rings. The summed E-state index contributed by atoms with van der Waals surface area (Å²) in [7, 11) is 0. The summed E-state index contributed by atoms with van der Waals surface area (Å²) in [6, 6.07) is 4.76. The summed E-state index contributed by atoms with van der Waals surface area (Å²) in [5.74, 6) is 0.546. The maximum atomic E-state index is 12.6. The summed E-state index contributed by atoms with van der Waals surface area (Å²) in [4.78, 5) is 30.5. The zero-order chi connectivity index (χ0) is 19.8. The summed E-state index contributed by atoms with van der Waals surface area (Å²) < 4.78 is 0. The van der Waals surface area contributed by atoms with Gasteiger partial charge >= 0.3 is 0 Å². The zero-order valence-corrected chi connectivity index (χ0v) is 17.2. The number of nitrogens with zero attached hydrogens (tertiary/aromatic N) is 1. The molecule has 1 atom stereocenters. The van der Waals surface area contributed by atoms with Crippen molar-refractivity contribution in [1.29, 1.82) is 0 Å². The Balaban J connectivity index is 1.37. The summed E-state index contributed by atoms with van der Waals surface area (Å²) in [5, 5.41) is 4.23. The van der Waals surface area contributed by atoms with Crippen LogP contribution in [0.4, 0.5) is 0 Å². The van der Waals surface area contributed by atoms with Crippen molar-refractivity contribution < 1.29 is 9.59 Å². The van der Waals surface area contributed by atoms with E-state index in [1.807, 2.05) is 6.92 Å². The molecule has 1 aromatic heterocycles. The molecule has 1 aliphatic heterocycles. The third kappa shape index (κ3) is 3.67. The third-order valence-electron chi connectivity index (χ3n) is 6.50. The highest BCUT2D eigenvalue weighted by Gasteiger charge is 2.35. The number of carbonyl (C=O) groups is 2. The van der Waals surface area contributed by atoms with Crippen molar-refractivity contribution in [1.82, 2.24) is 15.2 Å². The highest BCUT2D eigenvalue weighted by molar-refractivity contribution is 5.92. The standard InChI is InChI=1S/C23H31N3O2/c1-14-8-15(2)23-20(9-14)19(16(3)25-23)11-21(27)24-12-17-10-22(28)26(13-17)18-6-4-5-7-18/h8-9,17-18,25H,4-7,10-13H2,1-3H3,(H,24,27)/t17-/m1/s1. The summed E-state index contributed by atoms with van der Waals surface area (Å²) in [5.41, 5.74) is 5.68. The molecule has 2 fully saturated rings. The third-order valence-corrected chi connectivity index (χ3v) is 6.50. The summed E-state index contributed by atoms with van der Waals surface area (Å²) >= 11 is 0. The molecule has 2 N–H and O–H groups in total.